The van der Waals surface area contributed by atoms with Crippen LogP contribution in [0.15, 0.2) is 42.6 Å². The van der Waals surface area contributed by atoms with E-state index in [1.165, 1.54) is 0 Å². The first-order valence-corrected chi connectivity index (χ1v) is 7.00. The highest BCUT2D eigenvalue weighted by Gasteiger charge is 2.12. The third kappa shape index (κ3) is 3.32. The fourth-order valence-corrected chi connectivity index (χ4v) is 2.42. The Labute approximate surface area is 135 Å². The largest absolute Gasteiger partial charge is 0.497 e. The van der Waals surface area contributed by atoms with Crippen molar-refractivity contribution in [2.45, 2.75) is 6.61 Å². The number of aromatic nitrogens is 2. The molecule has 3 rings (SSSR count). The molecule has 0 aliphatic rings. The predicted molar refractivity (Wildman–Crippen MR) is 83.2 cm³/mol. The first-order valence-electron chi connectivity index (χ1n) is 6.62. The van der Waals surface area contributed by atoms with Crippen molar-refractivity contribution in [1.82, 2.24) is 9.97 Å². The minimum absolute atomic E-state index is 0.254. The summed E-state index contributed by atoms with van der Waals surface area (Å²) < 4.78 is 34.0. The summed E-state index contributed by atoms with van der Waals surface area (Å²) in [5.74, 6) is 0.467. The summed E-state index contributed by atoms with van der Waals surface area (Å²) in [7, 11) is 1.58. The van der Waals surface area contributed by atoms with Crippen LogP contribution in [0.5, 0.6) is 11.6 Å². The average Bonchev–Trinajstić information content (AvgIpc) is 2.53. The van der Waals surface area contributed by atoms with Gasteiger partial charge in [0.25, 0.3) is 0 Å². The van der Waals surface area contributed by atoms with Crippen LogP contribution in [0.3, 0.4) is 0 Å². The topological polar surface area (TPSA) is 44.2 Å². The van der Waals surface area contributed by atoms with Crippen molar-refractivity contribution in [2.75, 3.05) is 7.11 Å². The summed E-state index contributed by atoms with van der Waals surface area (Å²) in [5.41, 5.74) is 2.52. The SMILES string of the molecule is COc1ccc(-c2cc(Cl)cc3nc(OC(F)F)cnc23)cc1. The van der Waals surface area contributed by atoms with E-state index in [0.717, 1.165) is 23.1 Å². The molecule has 1 aromatic heterocycles. The number of benzene rings is 2. The van der Waals surface area contributed by atoms with Gasteiger partial charge in [-0.05, 0) is 29.8 Å². The van der Waals surface area contributed by atoms with Crippen LogP contribution >= 0.6 is 11.6 Å². The molecule has 0 spiro atoms. The Morgan fingerprint density at radius 2 is 1.87 bits per heavy atom. The monoisotopic (exact) mass is 336 g/mol. The van der Waals surface area contributed by atoms with Gasteiger partial charge in [0, 0.05) is 10.6 Å². The Morgan fingerprint density at radius 1 is 1.13 bits per heavy atom. The molecule has 7 heteroatoms. The molecule has 0 unspecified atom stereocenters. The molecule has 0 atom stereocenters. The van der Waals surface area contributed by atoms with E-state index < -0.39 is 6.61 Å². The number of hydrogen-bond donors (Lipinski definition) is 0. The van der Waals surface area contributed by atoms with E-state index in [1.807, 2.05) is 24.3 Å². The molecule has 118 valence electrons. The number of ether oxygens (including phenoxy) is 2. The lowest BCUT2D eigenvalue weighted by Gasteiger charge is -2.09. The summed E-state index contributed by atoms with van der Waals surface area (Å²) in [6.07, 6.45) is 1.16. The third-order valence-electron chi connectivity index (χ3n) is 3.20. The Kier molecular flexibility index (Phi) is 4.25. The van der Waals surface area contributed by atoms with Gasteiger partial charge in [0.15, 0.2) is 0 Å². The van der Waals surface area contributed by atoms with Crippen molar-refractivity contribution in [2.24, 2.45) is 0 Å². The number of rotatable bonds is 4. The maximum atomic E-state index is 12.3. The van der Waals surface area contributed by atoms with E-state index in [-0.39, 0.29) is 5.88 Å². The lowest BCUT2D eigenvalue weighted by molar-refractivity contribution is -0.0528. The molecule has 3 aromatic rings. The van der Waals surface area contributed by atoms with Gasteiger partial charge in [-0.25, -0.2) is 9.97 Å². The molecule has 23 heavy (non-hydrogen) atoms. The van der Waals surface area contributed by atoms with Crippen LogP contribution in [0.4, 0.5) is 8.78 Å². The minimum atomic E-state index is -2.96. The van der Waals surface area contributed by atoms with Gasteiger partial charge in [0.2, 0.25) is 5.88 Å². The molecule has 4 nitrogen and oxygen atoms in total. The Morgan fingerprint density at radius 3 is 2.52 bits per heavy atom. The van der Waals surface area contributed by atoms with E-state index in [0.29, 0.717) is 16.1 Å². The van der Waals surface area contributed by atoms with E-state index in [9.17, 15) is 8.78 Å². The lowest BCUT2D eigenvalue weighted by atomic mass is 10.0. The molecular weight excluding hydrogens is 326 g/mol. The molecular formula is C16H11ClF2N2O2. The van der Waals surface area contributed by atoms with E-state index in [1.54, 1.807) is 19.2 Å². The second kappa shape index (κ2) is 6.34. The molecule has 2 aromatic carbocycles. The molecule has 0 aliphatic carbocycles. The number of alkyl halides is 2. The smallest absolute Gasteiger partial charge is 0.388 e. The summed E-state index contributed by atoms with van der Waals surface area (Å²) in [6, 6.07) is 10.6. The van der Waals surface area contributed by atoms with E-state index in [2.05, 4.69) is 14.7 Å². The zero-order valence-electron chi connectivity index (χ0n) is 12.0. The van der Waals surface area contributed by atoms with Crippen molar-refractivity contribution in [1.29, 1.82) is 0 Å². The van der Waals surface area contributed by atoms with Crippen LogP contribution in [-0.4, -0.2) is 23.7 Å². The Balaban J connectivity index is 2.12. The first kappa shape index (κ1) is 15.4. The van der Waals surface area contributed by atoms with Crippen LogP contribution in [-0.2, 0) is 0 Å². The van der Waals surface area contributed by atoms with Gasteiger partial charge in [0.05, 0.1) is 24.3 Å². The summed E-state index contributed by atoms with van der Waals surface area (Å²) in [4.78, 5) is 8.21. The van der Waals surface area contributed by atoms with Crippen molar-refractivity contribution in [3.8, 4) is 22.8 Å². The second-order valence-corrected chi connectivity index (χ2v) is 5.07. The highest BCUT2D eigenvalue weighted by Crippen LogP contribution is 2.32. The fourth-order valence-electron chi connectivity index (χ4n) is 2.21. The highest BCUT2D eigenvalue weighted by molar-refractivity contribution is 6.31. The van der Waals surface area contributed by atoms with Gasteiger partial charge in [0.1, 0.15) is 5.75 Å². The van der Waals surface area contributed by atoms with Crippen molar-refractivity contribution in [3.05, 3.63) is 47.6 Å². The number of hydrogen-bond acceptors (Lipinski definition) is 4. The maximum Gasteiger partial charge on any atom is 0.388 e. The van der Waals surface area contributed by atoms with Crippen molar-refractivity contribution < 1.29 is 18.3 Å². The van der Waals surface area contributed by atoms with Gasteiger partial charge >= 0.3 is 6.61 Å². The summed E-state index contributed by atoms with van der Waals surface area (Å²) >= 11 is 6.11. The Hall–Kier alpha value is -2.47. The molecule has 0 fully saturated rings. The molecule has 1 heterocycles. The molecule has 0 saturated heterocycles. The van der Waals surface area contributed by atoms with Gasteiger partial charge in [-0.2, -0.15) is 8.78 Å². The zero-order chi connectivity index (χ0) is 16.4. The molecule has 0 N–H and O–H groups in total. The lowest BCUT2D eigenvalue weighted by Crippen LogP contribution is -2.04. The first-order chi connectivity index (χ1) is 11.1. The van der Waals surface area contributed by atoms with Gasteiger partial charge in [-0.3, -0.25) is 0 Å². The Bertz CT molecular complexity index is 841. The van der Waals surface area contributed by atoms with Crippen LogP contribution < -0.4 is 9.47 Å². The molecule has 0 amide bonds. The average molecular weight is 337 g/mol. The standard InChI is InChI=1S/C16H11ClF2N2O2/c1-22-11-4-2-9(3-5-11)12-6-10(17)7-13-15(12)20-8-14(21-13)23-16(18)19/h2-8,16H,1H3. The molecule has 0 saturated carbocycles. The molecule has 0 radical (unpaired) electrons. The van der Waals surface area contributed by atoms with Crippen molar-refractivity contribution >= 4 is 22.6 Å². The number of methoxy groups -OCH3 is 1. The van der Waals surface area contributed by atoms with Crippen LogP contribution in [0.2, 0.25) is 5.02 Å². The van der Waals surface area contributed by atoms with Crippen LogP contribution in [0.25, 0.3) is 22.2 Å². The number of nitrogens with zero attached hydrogens (tertiary/aromatic N) is 2. The van der Waals surface area contributed by atoms with Gasteiger partial charge < -0.3 is 9.47 Å². The third-order valence-corrected chi connectivity index (χ3v) is 3.42. The number of halogens is 3. The van der Waals surface area contributed by atoms with Gasteiger partial charge in [-0.15, -0.1) is 0 Å². The quantitative estimate of drug-likeness (QED) is 0.700. The predicted octanol–water partition coefficient (Wildman–Crippen LogP) is 4.56. The highest BCUT2D eigenvalue weighted by atomic mass is 35.5. The van der Waals surface area contributed by atoms with E-state index in [4.69, 9.17) is 16.3 Å². The summed E-state index contributed by atoms with van der Waals surface area (Å²) in [6.45, 7) is -2.96. The fraction of sp³-hybridized carbons (Fsp3) is 0.125. The second-order valence-electron chi connectivity index (χ2n) is 4.64. The molecule has 0 aliphatic heterocycles. The zero-order valence-corrected chi connectivity index (χ0v) is 12.7. The minimum Gasteiger partial charge on any atom is -0.497 e. The maximum absolute atomic E-state index is 12.3. The summed E-state index contributed by atoms with van der Waals surface area (Å²) in [5, 5.41) is 0.423. The number of fused-ring (bicyclic) bond motifs is 1. The molecule has 0 bridgehead atoms. The van der Waals surface area contributed by atoms with Crippen LogP contribution in [0, 0.1) is 0 Å². The normalized spacial score (nSPS) is 11.0. The van der Waals surface area contributed by atoms with E-state index >= 15 is 0 Å². The van der Waals surface area contributed by atoms with Crippen molar-refractivity contribution in [3.63, 3.8) is 0 Å². The van der Waals surface area contributed by atoms with Gasteiger partial charge in [-0.1, -0.05) is 23.7 Å². The van der Waals surface area contributed by atoms with Crippen LogP contribution in [0.1, 0.15) is 0 Å².